The lowest BCUT2D eigenvalue weighted by Gasteiger charge is -2.09. The van der Waals surface area contributed by atoms with Crippen LogP contribution in [0.2, 0.25) is 0 Å². The van der Waals surface area contributed by atoms with E-state index in [0.717, 1.165) is 5.56 Å². The standard InChI is InChI=1S/C18H16F2N4O2S/c19-17(20)26-14-8-6-13(7-9-14)21-16(25)10-15-22-23-18(27)24(15)11-12-4-2-1-3-5-12/h1-9,17H,10-11H2,(H,21,25)(H,23,27). The Kier molecular flexibility index (Phi) is 5.92. The van der Waals surface area contributed by atoms with Crippen molar-refractivity contribution in [1.82, 2.24) is 14.8 Å². The minimum absolute atomic E-state index is 0.00919. The Labute approximate surface area is 158 Å². The Balaban J connectivity index is 1.65. The molecule has 1 heterocycles. The highest BCUT2D eigenvalue weighted by molar-refractivity contribution is 7.71. The fourth-order valence-corrected chi connectivity index (χ4v) is 2.70. The van der Waals surface area contributed by atoms with E-state index in [1.165, 1.54) is 24.3 Å². The Morgan fingerprint density at radius 2 is 1.89 bits per heavy atom. The van der Waals surface area contributed by atoms with Crippen molar-refractivity contribution in [1.29, 1.82) is 0 Å². The quantitative estimate of drug-likeness (QED) is 0.603. The molecular weight excluding hydrogens is 374 g/mol. The summed E-state index contributed by atoms with van der Waals surface area (Å²) in [5.74, 6) is 0.214. The molecule has 2 N–H and O–H groups in total. The van der Waals surface area contributed by atoms with Crippen molar-refractivity contribution in [2.24, 2.45) is 0 Å². The van der Waals surface area contributed by atoms with Gasteiger partial charge >= 0.3 is 6.61 Å². The number of aromatic amines is 1. The maximum atomic E-state index is 12.3. The van der Waals surface area contributed by atoms with E-state index in [9.17, 15) is 13.6 Å². The van der Waals surface area contributed by atoms with Crippen LogP contribution in [0.1, 0.15) is 11.4 Å². The van der Waals surface area contributed by atoms with Crippen molar-refractivity contribution in [2.75, 3.05) is 5.32 Å². The summed E-state index contributed by atoms with van der Waals surface area (Å²) in [5.41, 5.74) is 1.50. The Morgan fingerprint density at radius 3 is 2.56 bits per heavy atom. The molecule has 0 bridgehead atoms. The number of H-pyrrole nitrogens is 1. The zero-order valence-electron chi connectivity index (χ0n) is 14.1. The lowest BCUT2D eigenvalue weighted by Crippen LogP contribution is -2.18. The molecule has 0 unspecified atom stereocenters. The third kappa shape index (κ3) is 5.20. The van der Waals surface area contributed by atoms with Gasteiger partial charge in [0, 0.05) is 5.69 Å². The Morgan fingerprint density at radius 1 is 1.19 bits per heavy atom. The molecule has 0 radical (unpaired) electrons. The van der Waals surface area contributed by atoms with Crippen molar-refractivity contribution < 1.29 is 18.3 Å². The topological polar surface area (TPSA) is 71.9 Å². The maximum Gasteiger partial charge on any atom is 0.387 e. The number of rotatable bonds is 7. The van der Waals surface area contributed by atoms with E-state index in [0.29, 0.717) is 22.8 Å². The molecule has 1 amide bonds. The molecule has 0 aliphatic carbocycles. The zero-order chi connectivity index (χ0) is 19.2. The van der Waals surface area contributed by atoms with Gasteiger partial charge in [-0.25, -0.2) is 0 Å². The molecule has 0 atom stereocenters. The Hall–Kier alpha value is -3.07. The van der Waals surface area contributed by atoms with Crippen LogP contribution in [0.15, 0.2) is 54.6 Å². The van der Waals surface area contributed by atoms with Crippen LogP contribution in [0.3, 0.4) is 0 Å². The van der Waals surface area contributed by atoms with Crippen LogP contribution in [0.5, 0.6) is 5.75 Å². The van der Waals surface area contributed by atoms with E-state index in [4.69, 9.17) is 12.2 Å². The molecule has 0 saturated heterocycles. The van der Waals surface area contributed by atoms with Crippen LogP contribution in [0.25, 0.3) is 0 Å². The van der Waals surface area contributed by atoms with Crippen molar-refractivity contribution in [3.05, 3.63) is 70.8 Å². The second-order valence-electron chi connectivity index (χ2n) is 5.64. The Bertz CT molecular complexity index is 955. The van der Waals surface area contributed by atoms with E-state index in [1.807, 2.05) is 30.3 Å². The SMILES string of the molecule is O=C(Cc1n[nH]c(=S)n1Cc1ccccc1)Nc1ccc(OC(F)F)cc1. The summed E-state index contributed by atoms with van der Waals surface area (Å²) in [7, 11) is 0. The van der Waals surface area contributed by atoms with Gasteiger partial charge in [0.05, 0.1) is 13.0 Å². The molecular formula is C18H16F2N4O2S. The van der Waals surface area contributed by atoms with Crippen molar-refractivity contribution >= 4 is 23.8 Å². The normalized spacial score (nSPS) is 10.8. The number of hydrogen-bond acceptors (Lipinski definition) is 4. The van der Waals surface area contributed by atoms with E-state index in [1.54, 1.807) is 4.57 Å². The van der Waals surface area contributed by atoms with Gasteiger partial charge in [0.25, 0.3) is 0 Å². The van der Waals surface area contributed by atoms with E-state index >= 15 is 0 Å². The smallest absolute Gasteiger partial charge is 0.387 e. The van der Waals surface area contributed by atoms with Gasteiger partial charge in [-0.3, -0.25) is 14.5 Å². The van der Waals surface area contributed by atoms with Crippen molar-refractivity contribution in [3.8, 4) is 5.75 Å². The molecule has 6 nitrogen and oxygen atoms in total. The molecule has 0 aliphatic heterocycles. The third-order valence-corrected chi connectivity index (χ3v) is 4.01. The van der Waals surface area contributed by atoms with Gasteiger partial charge in [-0.2, -0.15) is 13.9 Å². The number of carbonyl (C=O) groups is 1. The lowest BCUT2D eigenvalue weighted by atomic mass is 10.2. The average Bonchev–Trinajstić information content (AvgIpc) is 2.97. The summed E-state index contributed by atoms with van der Waals surface area (Å²) in [6, 6.07) is 15.4. The molecule has 1 aromatic heterocycles. The number of aromatic nitrogens is 3. The molecule has 3 rings (SSSR count). The van der Waals surface area contributed by atoms with Crippen molar-refractivity contribution in [2.45, 2.75) is 19.6 Å². The van der Waals surface area contributed by atoms with Gasteiger partial charge in [-0.1, -0.05) is 30.3 Å². The first-order valence-corrected chi connectivity index (χ1v) is 8.45. The van der Waals surface area contributed by atoms with E-state index in [-0.39, 0.29) is 18.1 Å². The number of nitrogens with zero attached hydrogens (tertiary/aromatic N) is 2. The first kappa shape index (κ1) is 18.7. The maximum absolute atomic E-state index is 12.3. The summed E-state index contributed by atoms with van der Waals surface area (Å²) in [6.07, 6.45) is 0.00919. The highest BCUT2D eigenvalue weighted by atomic mass is 32.1. The van der Waals surface area contributed by atoms with Gasteiger partial charge in [0.1, 0.15) is 11.6 Å². The molecule has 3 aromatic rings. The van der Waals surface area contributed by atoms with E-state index in [2.05, 4.69) is 20.3 Å². The second-order valence-corrected chi connectivity index (χ2v) is 6.03. The minimum Gasteiger partial charge on any atom is -0.435 e. The van der Waals surface area contributed by atoms with Crippen LogP contribution < -0.4 is 10.1 Å². The summed E-state index contributed by atoms with van der Waals surface area (Å²) in [5, 5.41) is 9.51. The number of amides is 1. The fourth-order valence-electron chi connectivity index (χ4n) is 2.48. The zero-order valence-corrected chi connectivity index (χ0v) is 14.9. The molecule has 9 heteroatoms. The van der Waals surface area contributed by atoms with Gasteiger partial charge in [0.2, 0.25) is 5.91 Å². The van der Waals surface area contributed by atoms with Crippen molar-refractivity contribution in [3.63, 3.8) is 0 Å². The largest absolute Gasteiger partial charge is 0.435 e. The molecule has 0 spiro atoms. The predicted molar refractivity (Wildman–Crippen MR) is 98.4 cm³/mol. The number of alkyl halides is 2. The van der Waals surface area contributed by atoms with Gasteiger partial charge in [-0.05, 0) is 42.0 Å². The molecule has 0 aliphatic rings. The highest BCUT2D eigenvalue weighted by Gasteiger charge is 2.12. The number of anilines is 1. The summed E-state index contributed by atoms with van der Waals surface area (Å²) < 4.78 is 30.8. The average molecular weight is 390 g/mol. The first-order chi connectivity index (χ1) is 13.0. The molecule has 0 fully saturated rings. The van der Waals surface area contributed by atoms with E-state index < -0.39 is 6.61 Å². The number of halogens is 2. The van der Waals surface area contributed by atoms with Gasteiger partial charge in [-0.15, -0.1) is 0 Å². The predicted octanol–water partition coefficient (Wildman–Crippen LogP) is 3.77. The van der Waals surface area contributed by atoms with Gasteiger partial charge in [0.15, 0.2) is 4.77 Å². The second kappa shape index (κ2) is 8.54. The van der Waals surface area contributed by atoms with Crippen LogP contribution in [0.4, 0.5) is 14.5 Å². The lowest BCUT2D eigenvalue weighted by molar-refractivity contribution is -0.115. The molecule has 2 aromatic carbocycles. The number of carbonyl (C=O) groups excluding carboxylic acids is 1. The summed E-state index contributed by atoms with van der Waals surface area (Å²) in [4.78, 5) is 12.3. The van der Waals surface area contributed by atoms with Crippen LogP contribution >= 0.6 is 12.2 Å². The number of nitrogens with one attached hydrogen (secondary N) is 2. The van der Waals surface area contributed by atoms with Gasteiger partial charge < -0.3 is 10.1 Å². The number of ether oxygens (including phenoxy) is 1. The number of hydrogen-bond donors (Lipinski definition) is 2. The monoisotopic (exact) mass is 390 g/mol. The van der Waals surface area contributed by atoms with Crippen LogP contribution in [-0.4, -0.2) is 27.3 Å². The first-order valence-electron chi connectivity index (χ1n) is 8.04. The minimum atomic E-state index is -2.89. The molecule has 140 valence electrons. The summed E-state index contributed by atoms with van der Waals surface area (Å²) >= 11 is 5.24. The fraction of sp³-hybridized carbons (Fsp3) is 0.167. The molecule has 27 heavy (non-hydrogen) atoms. The third-order valence-electron chi connectivity index (χ3n) is 3.70. The number of benzene rings is 2. The highest BCUT2D eigenvalue weighted by Crippen LogP contribution is 2.18. The van der Waals surface area contributed by atoms with Crippen LogP contribution in [0, 0.1) is 4.77 Å². The van der Waals surface area contributed by atoms with Crippen LogP contribution in [-0.2, 0) is 17.8 Å². The summed E-state index contributed by atoms with van der Waals surface area (Å²) in [6.45, 7) is -2.39. The molecule has 0 saturated carbocycles.